The summed E-state index contributed by atoms with van der Waals surface area (Å²) in [6.07, 6.45) is 0. The van der Waals surface area contributed by atoms with Crippen LogP contribution in [0.4, 0.5) is 0 Å². The molecule has 5 heteroatoms. The molecule has 2 amide bonds. The van der Waals surface area contributed by atoms with Gasteiger partial charge < -0.3 is 15.4 Å². The van der Waals surface area contributed by atoms with E-state index in [1.54, 1.807) is 0 Å². The Morgan fingerprint density at radius 2 is 2.36 bits per heavy atom. The highest BCUT2D eigenvalue weighted by molar-refractivity contribution is 5.94. The molecule has 1 atom stereocenters. The number of nitrogens with one attached hydrogen (secondary N) is 2. The molecule has 0 saturated carbocycles. The summed E-state index contributed by atoms with van der Waals surface area (Å²) in [5.41, 5.74) is 0. The van der Waals surface area contributed by atoms with Crippen LogP contribution < -0.4 is 10.6 Å². The van der Waals surface area contributed by atoms with Crippen molar-refractivity contribution in [3.05, 3.63) is 0 Å². The maximum absolute atomic E-state index is 10.9. The number of rotatable bonds is 2. The van der Waals surface area contributed by atoms with Gasteiger partial charge in [0, 0.05) is 7.11 Å². The van der Waals surface area contributed by atoms with Crippen LogP contribution in [0.2, 0.25) is 0 Å². The largest absolute Gasteiger partial charge is 0.382 e. The van der Waals surface area contributed by atoms with Gasteiger partial charge in [0.15, 0.2) is 0 Å². The Morgan fingerprint density at radius 1 is 1.64 bits per heavy atom. The number of hydrogen-bond acceptors (Lipinski definition) is 3. The molecule has 1 aliphatic rings. The molecule has 0 aromatic heterocycles. The van der Waals surface area contributed by atoms with E-state index in [1.807, 2.05) is 0 Å². The van der Waals surface area contributed by atoms with Crippen LogP contribution >= 0.6 is 0 Å². The molecule has 0 bridgehead atoms. The maximum atomic E-state index is 10.9. The van der Waals surface area contributed by atoms with E-state index in [1.165, 1.54) is 7.11 Å². The van der Waals surface area contributed by atoms with Crippen LogP contribution in [0.5, 0.6) is 0 Å². The molecule has 1 fully saturated rings. The van der Waals surface area contributed by atoms with Crippen molar-refractivity contribution in [1.29, 1.82) is 0 Å². The molecule has 1 aliphatic heterocycles. The fourth-order valence-corrected chi connectivity index (χ4v) is 0.886. The third kappa shape index (κ3) is 1.91. The lowest BCUT2D eigenvalue weighted by Crippen LogP contribution is -2.57. The predicted molar refractivity (Wildman–Crippen MR) is 36.8 cm³/mol. The first-order valence-corrected chi connectivity index (χ1v) is 3.30. The topological polar surface area (TPSA) is 67.4 Å². The average Bonchev–Trinajstić information content (AvgIpc) is 1.98. The lowest BCUT2D eigenvalue weighted by atomic mass is 10.2. The highest BCUT2D eigenvalue weighted by Crippen LogP contribution is 1.90. The van der Waals surface area contributed by atoms with Gasteiger partial charge in [0.2, 0.25) is 11.8 Å². The van der Waals surface area contributed by atoms with Crippen molar-refractivity contribution < 1.29 is 14.3 Å². The minimum atomic E-state index is -0.527. The summed E-state index contributed by atoms with van der Waals surface area (Å²) >= 11 is 0. The molecule has 1 heterocycles. The van der Waals surface area contributed by atoms with Gasteiger partial charge >= 0.3 is 0 Å². The van der Waals surface area contributed by atoms with Crippen LogP contribution in [0.25, 0.3) is 0 Å². The summed E-state index contributed by atoms with van der Waals surface area (Å²) in [6.45, 7) is 0.288. The summed E-state index contributed by atoms with van der Waals surface area (Å²) in [7, 11) is 1.48. The average molecular weight is 158 g/mol. The van der Waals surface area contributed by atoms with Gasteiger partial charge in [-0.15, -0.1) is 0 Å². The van der Waals surface area contributed by atoms with Crippen LogP contribution in [-0.4, -0.2) is 38.1 Å². The second kappa shape index (κ2) is 3.34. The molecule has 0 aromatic rings. The van der Waals surface area contributed by atoms with Crippen molar-refractivity contribution in [1.82, 2.24) is 10.6 Å². The molecule has 11 heavy (non-hydrogen) atoms. The Morgan fingerprint density at radius 3 is 3.00 bits per heavy atom. The molecule has 1 rings (SSSR count). The lowest BCUT2D eigenvalue weighted by Gasteiger charge is -2.21. The van der Waals surface area contributed by atoms with Crippen LogP contribution in [-0.2, 0) is 14.3 Å². The second-order valence-corrected chi connectivity index (χ2v) is 2.29. The van der Waals surface area contributed by atoms with Crippen molar-refractivity contribution in [2.75, 3.05) is 20.3 Å². The number of ether oxygens (including phenoxy) is 1. The van der Waals surface area contributed by atoms with Gasteiger partial charge in [-0.3, -0.25) is 9.59 Å². The van der Waals surface area contributed by atoms with Crippen LogP contribution in [0.3, 0.4) is 0 Å². The number of carbonyl (C=O) groups excluding carboxylic acids is 2. The molecule has 0 aromatic carbocycles. The van der Waals surface area contributed by atoms with Gasteiger partial charge in [-0.2, -0.15) is 0 Å². The van der Waals surface area contributed by atoms with E-state index in [0.29, 0.717) is 0 Å². The number of piperazine rings is 1. The van der Waals surface area contributed by atoms with Gasteiger partial charge in [0.25, 0.3) is 0 Å². The van der Waals surface area contributed by atoms with Crippen molar-refractivity contribution in [2.24, 2.45) is 0 Å². The zero-order valence-electron chi connectivity index (χ0n) is 6.22. The van der Waals surface area contributed by atoms with E-state index in [-0.39, 0.29) is 25.0 Å². The normalized spacial score (nSPS) is 24.3. The summed E-state index contributed by atoms with van der Waals surface area (Å²) in [5.74, 6) is -0.363. The van der Waals surface area contributed by atoms with Gasteiger partial charge in [0.1, 0.15) is 6.04 Å². The molecule has 62 valence electrons. The Bertz CT molecular complexity index is 181. The summed E-state index contributed by atoms with van der Waals surface area (Å²) in [4.78, 5) is 21.6. The van der Waals surface area contributed by atoms with Gasteiger partial charge in [-0.05, 0) is 0 Å². The second-order valence-electron chi connectivity index (χ2n) is 2.29. The fourth-order valence-electron chi connectivity index (χ4n) is 0.886. The summed E-state index contributed by atoms with van der Waals surface area (Å²) in [6, 6.07) is -0.527. The van der Waals surface area contributed by atoms with Crippen molar-refractivity contribution in [3.8, 4) is 0 Å². The Kier molecular flexibility index (Phi) is 2.43. The highest BCUT2D eigenvalue weighted by atomic mass is 16.5. The SMILES string of the molecule is COC[C@H]1NC(=O)CNC1=O. The molecule has 2 N–H and O–H groups in total. The lowest BCUT2D eigenvalue weighted by molar-refractivity contribution is -0.134. The fraction of sp³-hybridized carbons (Fsp3) is 0.667. The van der Waals surface area contributed by atoms with Crippen molar-refractivity contribution in [3.63, 3.8) is 0 Å². The van der Waals surface area contributed by atoms with Gasteiger partial charge in [0.05, 0.1) is 13.2 Å². The van der Waals surface area contributed by atoms with Crippen molar-refractivity contribution >= 4 is 11.8 Å². The van der Waals surface area contributed by atoms with E-state index in [2.05, 4.69) is 10.6 Å². The number of carbonyl (C=O) groups is 2. The summed E-state index contributed by atoms with van der Waals surface area (Å²) < 4.78 is 4.72. The molecule has 1 saturated heterocycles. The predicted octanol–water partition coefficient (Wildman–Crippen LogP) is -1.75. The maximum Gasteiger partial charge on any atom is 0.245 e. The first-order chi connectivity index (χ1) is 5.24. The highest BCUT2D eigenvalue weighted by Gasteiger charge is 2.25. The number of methoxy groups -OCH3 is 1. The van der Waals surface area contributed by atoms with Crippen LogP contribution in [0.1, 0.15) is 0 Å². The molecule has 0 radical (unpaired) electrons. The third-order valence-corrected chi connectivity index (χ3v) is 1.41. The first kappa shape index (κ1) is 8.00. The van der Waals surface area contributed by atoms with Gasteiger partial charge in [-0.1, -0.05) is 0 Å². The van der Waals surface area contributed by atoms with Gasteiger partial charge in [-0.25, -0.2) is 0 Å². The quantitative estimate of drug-likeness (QED) is 0.500. The Balaban J connectivity index is 2.47. The van der Waals surface area contributed by atoms with E-state index in [9.17, 15) is 9.59 Å². The van der Waals surface area contributed by atoms with Crippen LogP contribution in [0, 0.1) is 0 Å². The van der Waals surface area contributed by atoms with E-state index < -0.39 is 6.04 Å². The smallest absolute Gasteiger partial charge is 0.245 e. The number of amides is 2. The molecule has 5 nitrogen and oxygen atoms in total. The third-order valence-electron chi connectivity index (χ3n) is 1.41. The molecular weight excluding hydrogens is 148 g/mol. The minimum absolute atomic E-state index is 0.0685. The van der Waals surface area contributed by atoms with E-state index >= 15 is 0 Å². The Labute approximate surface area is 64.1 Å². The van der Waals surface area contributed by atoms with E-state index in [0.717, 1.165) is 0 Å². The zero-order chi connectivity index (χ0) is 8.27. The monoisotopic (exact) mass is 158 g/mol. The van der Waals surface area contributed by atoms with E-state index in [4.69, 9.17) is 4.74 Å². The molecule has 0 unspecified atom stereocenters. The van der Waals surface area contributed by atoms with Crippen molar-refractivity contribution in [2.45, 2.75) is 6.04 Å². The first-order valence-electron chi connectivity index (χ1n) is 3.30. The number of hydrogen-bond donors (Lipinski definition) is 2. The molecule has 0 aliphatic carbocycles. The standard InChI is InChI=1S/C6H10N2O3/c1-11-3-4-6(10)7-2-5(9)8-4/h4H,2-3H2,1H3,(H,7,10)(H,8,9)/t4-/m1/s1. The summed E-state index contributed by atoms with van der Waals surface area (Å²) in [5, 5.41) is 4.93. The molecular formula is C6H10N2O3. The zero-order valence-corrected chi connectivity index (χ0v) is 6.22. The molecule has 0 spiro atoms. The van der Waals surface area contributed by atoms with Crippen LogP contribution in [0.15, 0.2) is 0 Å². The Hall–Kier alpha value is -1.10. The minimum Gasteiger partial charge on any atom is -0.382 e.